The summed E-state index contributed by atoms with van der Waals surface area (Å²) in [5.41, 5.74) is 0. The summed E-state index contributed by atoms with van der Waals surface area (Å²) in [4.78, 5) is 0. The van der Waals surface area contributed by atoms with Crippen LogP contribution in [0.1, 0.15) is 0 Å². The fourth-order valence-electron chi connectivity index (χ4n) is 0.559. The van der Waals surface area contributed by atoms with E-state index in [1.807, 2.05) is 0 Å². The molecule has 1 aromatic rings. The highest BCUT2D eigenvalue weighted by Gasteiger charge is 2.06. The Morgan fingerprint density at radius 1 is 1.38 bits per heavy atom. The number of nitrogens with one attached hydrogen (secondary N) is 2. The van der Waals surface area contributed by atoms with Gasteiger partial charge in [0.1, 0.15) is 0 Å². The van der Waals surface area contributed by atoms with E-state index in [4.69, 9.17) is 11.6 Å². The van der Waals surface area contributed by atoms with Gasteiger partial charge < -0.3 is 0 Å². The first-order valence-corrected chi connectivity index (χ1v) is 5.10. The Hall–Kier alpha value is -0.920. The van der Waals surface area contributed by atoms with Crippen LogP contribution in [0.5, 0.6) is 0 Å². The summed E-state index contributed by atoms with van der Waals surface area (Å²) < 4.78 is 26.1. The molecule has 0 radical (unpaired) electrons. The first-order chi connectivity index (χ1) is 6.03. The molecule has 1 heterocycles. The molecule has 0 aliphatic rings. The molecule has 72 valence electrons. The van der Waals surface area contributed by atoms with Crippen molar-refractivity contribution in [1.82, 2.24) is 14.9 Å². The second kappa shape index (κ2) is 3.86. The second-order valence-corrected chi connectivity index (χ2v) is 4.06. The summed E-state index contributed by atoms with van der Waals surface area (Å²) in [6.07, 6.45) is 0. The zero-order chi connectivity index (χ0) is 9.90. The molecule has 0 spiro atoms. The maximum absolute atomic E-state index is 10.9. The average molecular weight is 223 g/mol. The van der Waals surface area contributed by atoms with Gasteiger partial charge in [0.25, 0.3) is 10.2 Å². The minimum absolute atomic E-state index is 0.110. The van der Waals surface area contributed by atoms with Crippen molar-refractivity contribution in [3.05, 3.63) is 17.3 Å². The van der Waals surface area contributed by atoms with Gasteiger partial charge in [-0.3, -0.25) is 4.72 Å². The van der Waals surface area contributed by atoms with E-state index in [1.54, 1.807) is 0 Å². The van der Waals surface area contributed by atoms with Crippen molar-refractivity contribution in [3.63, 3.8) is 0 Å². The van der Waals surface area contributed by atoms with E-state index in [-0.39, 0.29) is 11.0 Å². The highest BCUT2D eigenvalue weighted by molar-refractivity contribution is 7.90. The van der Waals surface area contributed by atoms with Gasteiger partial charge in [-0.15, -0.1) is 10.2 Å². The molecule has 6 nitrogen and oxygen atoms in total. The lowest BCUT2D eigenvalue weighted by molar-refractivity contribution is 0.593. The van der Waals surface area contributed by atoms with E-state index >= 15 is 0 Å². The van der Waals surface area contributed by atoms with Gasteiger partial charge in [0.15, 0.2) is 11.0 Å². The van der Waals surface area contributed by atoms with Crippen molar-refractivity contribution in [2.75, 3.05) is 11.8 Å². The molecule has 0 unspecified atom stereocenters. The van der Waals surface area contributed by atoms with Crippen LogP contribution in [0.4, 0.5) is 5.82 Å². The third kappa shape index (κ3) is 3.13. The molecule has 0 amide bonds. The van der Waals surface area contributed by atoms with E-state index < -0.39 is 10.2 Å². The fourth-order valence-corrected chi connectivity index (χ4v) is 1.15. The quantitative estimate of drug-likeness (QED) is 0.755. The van der Waals surface area contributed by atoms with Crippen molar-refractivity contribution in [2.45, 2.75) is 0 Å². The summed E-state index contributed by atoms with van der Waals surface area (Å²) in [6.45, 7) is 0. The standard InChI is InChI=1S/C5H7ClN4O2S/c1-7-13(11,12)10-5-3-2-4(6)8-9-5/h2-3,7H,1H3,(H,9,10). The molecular weight excluding hydrogens is 216 g/mol. The third-order valence-corrected chi connectivity index (χ3v) is 2.36. The van der Waals surface area contributed by atoms with E-state index in [2.05, 4.69) is 19.6 Å². The number of rotatable bonds is 3. The number of aromatic nitrogens is 2. The molecule has 1 aromatic heterocycles. The first-order valence-electron chi connectivity index (χ1n) is 3.24. The first kappa shape index (κ1) is 10.2. The monoisotopic (exact) mass is 222 g/mol. The van der Waals surface area contributed by atoms with E-state index in [9.17, 15) is 8.42 Å². The molecule has 0 fully saturated rings. The molecule has 0 saturated carbocycles. The number of halogens is 1. The minimum Gasteiger partial charge on any atom is -0.253 e. The van der Waals surface area contributed by atoms with E-state index in [0.29, 0.717) is 0 Å². The number of hydrogen-bond acceptors (Lipinski definition) is 4. The molecule has 1 rings (SSSR count). The summed E-state index contributed by atoms with van der Waals surface area (Å²) >= 11 is 5.45. The van der Waals surface area contributed by atoms with Gasteiger partial charge >= 0.3 is 0 Å². The highest BCUT2D eigenvalue weighted by atomic mass is 35.5. The maximum atomic E-state index is 10.9. The molecule has 0 saturated heterocycles. The van der Waals surface area contributed by atoms with Gasteiger partial charge in [-0.1, -0.05) is 11.6 Å². The molecule has 2 N–H and O–H groups in total. The normalized spacial score (nSPS) is 11.2. The summed E-state index contributed by atoms with van der Waals surface area (Å²) in [7, 11) is -2.25. The van der Waals surface area contributed by atoms with Gasteiger partial charge in [-0.25, -0.2) is 4.72 Å². The van der Waals surface area contributed by atoms with Crippen molar-refractivity contribution in [1.29, 1.82) is 0 Å². The van der Waals surface area contributed by atoms with Crippen molar-refractivity contribution in [3.8, 4) is 0 Å². The van der Waals surface area contributed by atoms with Crippen LogP contribution in [0.3, 0.4) is 0 Å². The van der Waals surface area contributed by atoms with E-state index in [0.717, 1.165) is 0 Å². The molecule has 0 atom stereocenters. The van der Waals surface area contributed by atoms with Crippen molar-refractivity contribution in [2.24, 2.45) is 0 Å². The average Bonchev–Trinajstić information content (AvgIpc) is 2.09. The molecular formula is C5H7ClN4O2S. The van der Waals surface area contributed by atoms with Crippen LogP contribution in [0.2, 0.25) is 5.15 Å². The van der Waals surface area contributed by atoms with Gasteiger partial charge in [0.2, 0.25) is 0 Å². The lowest BCUT2D eigenvalue weighted by Gasteiger charge is -2.03. The second-order valence-electron chi connectivity index (χ2n) is 2.05. The summed E-state index contributed by atoms with van der Waals surface area (Å²) in [5, 5.41) is 7.16. The number of nitrogens with zero attached hydrogens (tertiary/aromatic N) is 2. The van der Waals surface area contributed by atoms with Crippen LogP contribution >= 0.6 is 11.6 Å². The molecule has 0 aliphatic carbocycles. The van der Waals surface area contributed by atoms with Crippen LogP contribution in [0, 0.1) is 0 Å². The summed E-state index contributed by atoms with van der Waals surface area (Å²) in [5.74, 6) is 0.110. The Bertz CT molecular complexity index is 376. The lowest BCUT2D eigenvalue weighted by Crippen LogP contribution is -2.26. The SMILES string of the molecule is CNS(=O)(=O)Nc1ccc(Cl)nn1. The zero-order valence-electron chi connectivity index (χ0n) is 6.65. The fraction of sp³-hybridized carbons (Fsp3) is 0.200. The predicted octanol–water partition coefficient (Wildman–Crippen LogP) is 0.00610. The minimum atomic E-state index is -3.53. The Morgan fingerprint density at radius 2 is 2.08 bits per heavy atom. The molecule has 0 aromatic carbocycles. The molecule has 13 heavy (non-hydrogen) atoms. The van der Waals surface area contributed by atoms with Crippen LogP contribution < -0.4 is 9.44 Å². The summed E-state index contributed by atoms with van der Waals surface area (Å²) in [6, 6.07) is 2.84. The van der Waals surface area contributed by atoms with Gasteiger partial charge in [-0.2, -0.15) is 8.42 Å². The largest absolute Gasteiger partial charge is 0.300 e. The van der Waals surface area contributed by atoms with Gasteiger partial charge in [0, 0.05) is 7.05 Å². The van der Waals surface area contributed by atoms with Crippen molar-refractivity contribution >= 4 is 27.6 Å². The van der Waals surface area contributed by atoms with Crippen LogP contribution in [0.15, 0.2) is 12.1 Å². The van der Waals surface area contributed by atoms with Crippen LogP contribution in [-0.2, 0) is 10.2 Å². The maximum Gasteiger partial charge on any atom is 0.300 e. The van der Waals surface area contributed by atoms with Crippen LogP contribution in [-0.4, -0.2) is 25.7 Å². The highest BCUT2D eigenvalue weighted by Crippen LogP contribution is 2.06. The molecule has 8 heteroatoms. The van der Waals surface area contributed by atoms with Crippen molar-refractivity contribution < 1.29 is 8.42 Å². The van der Waals surface area contributed by atoms with Crippen LogP contribution in [0.25, 0.3) is 0 Å². The molecule has 0 bridgehead atoms. The zero-order valence-corrected chi connectivity index (χ0v) is 8.22. The smallest absolute Gasteiger partial charge is 0.253 e. The topological polar surface area (TPSA) is 84.0 Å². The Labute approximate surface area is 80.5 Å². The number of hydrogen-bond donors (Lipinski definition) is 2. The molecule has 0 aliphatic heterocycles. The Kier molecular flexibility index (Phi) is 3.02. The van der Waals surface area contributed by atoms with E-state index in [1.165, 1.54) is 19.2 Å². The van der Waals surface area contributed by atoms with Gasteiger partial charge in [-0.05, 0) is 12.1 Å². The third-order valence-electron chi connectivity index (χ3n) is 1.14. The number of anilines is 1. The Balaban J connectivity index is 2.82. The Morgan fingerprint density at radius 3 is 2.54 bits per heavy atom. The lowest BCUT2D eigenvalue weighted by atomic mass is 10.5. The van der Waals surface area contributed by atoms with Gasteiger partial charge in [0.05, 0.1) is 0 Å². The predicted molar refractivity (Wildman–Crippen MR) is 48.6 cm³/mol.